The second kappa shape index (κ2) is 6.19. The van der Waals surface area contributed by atoms with Gasteiger partial charge in [-0.2, -0.15) is 0 Å². The average molecular weight is 301 g/mol. The van der Waals surface area contributed by atoms with Gasteiger partial charge < -0.3 is 15.8 Å². The maximum absolute atomic E-state index is 12.1. The molecule has 0 unspecified atom stereocenters. The molecule has 0 saturated carbocycles. The first kappa shape index (κ1) is 13.4. The van der Waals surface area contributed by atoms with E-state index in [0.717, 1.165) is 4.47 Å². The van der Waals surface area contributed by atoms with E-state index in [1.807, 2.05) is 6.92 Å². The molecule has 0 saturated heterocycles. The molecule has 17 heavy (non-hydrogen) atoms. The highest BCUT2D eigenvalue weighted by Gasteiger charge is 2.15. The number of hydrogen-bond donors (Lipinski definition) is 2. The number of likely N-dealkylation sites (N-methyl/N-ethyl adjacent to an activating group) is 1. The molecule has 0 spiro atoms. The zero-order valence-electron chi connectivity index (χ0n) is 9.30. The van der Waals surface area contributed by atoms with Crippen LogP contribution in [-0.2, 0) is 0 Å². The Balaban J connectivity index is 2.86. The third kappa shape index (κ3) is 3.70. The van der Waals surface area contributed by atoms with Crippen LogP contribution in [0.4, 0.5) is 0 Å². The monoisotopic (exact) mass is 300 g/mol. The number of carbonyl (C=O) groups excluding carboxylic acids is 1. The lowest BCUT2D eigenvalue weighted by atomic mass is 10.2. The average Bonchev–Trinajstić information content (AvgIpc) is 2.34. The summed E-state index contributed by atoms with van der Waals surface area (Å²) in [5.41, 5.74) is 5.83. The van der Waals surface area contributed by atoms with Gasteiger partial charge in [0.25, 0.3) is 5.91 Å². The van der Waals surface area contributed by atoms with Gasteiger partial charge in [0.2, 0.25) is 0 Å². The van der Waals surface area contributed by atoms with Gasteiger partial charge in [-0.05, 0) is 28.9 Å². The number of aromatic nitrogens is 1. The van der Waals surface area contributed by atoms with Crippen molar-refractivity contribution in [2.45, 2.75) is 6.92 Å². The number of nitrogens with zero attached hydrogens (tertiary/aromatic N) is 3. The van der Waals surface area contributed by atoms with Crippen molar-refractivity contribution in [3.8, 4) is 0 Å². The zero-order valence-corrected chi connectivity index (χ0v) is 10.9. The summed E-state index contributed by atoms with van der Waals surface area (Å²) in [6.07, 6.45) is 3.07. The Hall–Kier alpha value is -1.63. The lowest BCUT2D eigenvalue weighted by molar-refractivity contribution is 0.0785. The molecule has 1 heterocycles. The van der Waals surface area contributed by atoms with Crippen LogP contribution >= 0.6 is 15.9 Å². The van der Waals surface area contributed by atoms with Crippen LogP contribution < -0.4 is 5.73 Å². The van der Waals surface area contributed by atoms with Gasteiger partial charge in [-0.25, -0.2) is 0 Å². The summed E-state index contributed by atoms with van der Waals surface area (Å²) in [5, 5.41) is 11.3. The van der Waals surface area contributed by atoms with Crippen molar-refractivity contribution in [1.29, 1.82) is 0 Å². The molecule has 3 N–H and O–H groups in total. The van der Waals surface area contributed by atoms with Gasteiger partial charge in [0.05, 0.1) is 12.1 Å². The SMILES string of the molecule is CCN(CC(N)=NO)C(=O)c1cncc(Br)c1. The van der Waals surface area contributed by atoms with Crippen molar-refractivity contribution in [3.05, 3.63) is 28.5 Å². The highest BCUT2D eigenvalue weighted by Crippen LogP contribution is 2.11. The van der Waals surface area contributed by atoms with Crippen molar-refractivity contribution >= 4 is 27.7 Å². The summed E-state index contributed by atoms with van der Waals surface area (Å²) in [5.74, 6) is -0.226. The zero-order chi connectivity index (χ0) is 12.8. The minimum atomic E-state index is -0.215. The fourth-order valence-corrected chi connectivity index (χ4v) is 1.63. The first-order chi connectivity index (χ1) is 8.08. The van der Waals surface area contributed by atoms with E-state index in [2.05, 4.69) is 26.1 Å². The van der Waals surface area contributed by atoms with E-state index in [4.69, 9.17) is 10.9 Å². The molecule has 1 amide bonds. The molecule has 7 heteroatoms. The minimum Gasteiger partial charge on any atom is -0.409 e. The lowest BCUT2D eigenvalue weighted by Gasteiger charge is -2.19. The fourth-order valence-electron chi connectivity index (χ4n) is 1.27. The van der Waals surface area contributed by atoms with Crippen molar-refractivity contribution < 1.29 is 10.0 Å². The maximum Gasteiger partial charge on any atom is 0.255 e. The van der Waals surface area contributed by atoms with Gasteiger partial charge >= 0.3 is 0 Å². The van der Waals surface area contributed by atoms with Crippen LogP contribution in [0.25, 0.3) is 0 Å². The van der Waals surface area contributed by atoms with Crippen LogP contribution in [0.1, 0.15) is 17.3 Å². The molecule has 0 aromatic carbocycles. The van der Waals surface area contributed by atoms with Gasteiger partial charge in [0.15, 0.2) is 5.84 Å². The summed E-state index contributed by atoms with van der Waals surface area (Å²) in [6.45, 7) is 2.36. The number of amidine groups is 1. The van der Waals surface area contributed by atoms with Gasteiger partial charge in [0.1, 0.15) is 0 Å². The molecular weight excluding hydrogens is 288 g/mol. The van der Waals surface area contributed by atoms with E-state index in [1.54, 1.807) is 12.3 Å². The second-order valence-corrected chi connectivity index (χ2v) is 4.22. The Kier molecular flexibility index (Phi) is 4.89. The van der Waals surface area contributed by atoms with Crippen molar-refractivity contribution in [3.63, 3.8) is 0 Å². The smallest absolute Gasteiger partial charge is 0.255 e. The molecule has 1 aromatic rings. The highest BCUT2D eigenvalue weighted by atomic mass is 79.9. The molecule has 92 valence electrons. The number of amides is 1. The number of carbonyl (C=O) groups is 1. The Bertz CT molecular complexity index is 436. The summed E-state index contributed by atoms with van der Waals surface area (Å²) < 4.78 is 0.725. The van der Waals surface area contributed by atoms with Gasteiger partial charge in [-0.15, -0.1) is 0 Å². The molecule has 0 aliphatic carbocycles. The normalized spacial score (nSPS) is 11.3. The molecule has 0 radical (unpaired) electrons. The van der Waals surface area contributed by atoms with Crippen LogP contribution in [-0.4, -0.2) is 39.9 Å². The van der Waals surface area contributed by atoms with Gasteiger partial charge in [0, 0.05) is 23.4 Å². The maximum atomic E-state index is 12.1. The van der Waals surface area contributed by atoms with E-state index in [0.29, 0.717) is 12.1 Å². The number of oxime groups is 1. The highest BCUT2D eigenvalue weighted by molar-refractivity contribution is 9.10. The van der Waals surface area contributed by atoms with Gasteiger partial charge in [-0.1, -0.05) is 5.16 Å². The summed E-state index contributed by atoms with van der Waals surface area (Å²) >= 11 is 3.24. The Labute approximate surface area is 107 Å². The van der Waals surface area contributed by atoms with E-state index < -0.39 is 0 Å². The van der Waals surface area contributed by atoms with Crippen LogP contribution in [0.5, 0.6) is 0 Å². The van der Waals surface area contributed by atoms with E-state index in [1.165, 1.54) is 11.1 Å². The van der Waals surface area contributed by atoms with Crippen LogP contribution in [0.3, 0.4) is 0 Å². The third-order valence-electron chi connectivity index (χ3n) is 2.10. The van der Waals surface area contributed by atoms with Crippen molar-refractivity contribution in [2.24, 2.45) is 10.9 Å². The van der Waals surface area contributed by atoms with Gasteiger partial charge in [-0.3, -0.25) is 9.78 Å². The number of hydrogen-bond acceptors (Lipinski definition) is 4. The van der Waals surface area contributed by atoms with E-state index >= 15 is 0 Å². The van der Waals surface area contributed by atoms with Crippen LogP contribution in [0, 0.1) is 0 Å². The van der Waals surface area contributed by atoms with Crippen molar-refractivity contribution in [2.75, 3.05) is 13.1 Å². The molecule has 0 aliphatic rings. The molecule has 0 atom stereocenters. The number of pyridine rings is 1. The first-order valence-electron chi connectivity index (χ1n) is 4.94. The topological polar surface area (TPSA) is 91.8 Å². The largest absolute Gasteiger partial charge is 0.409 e. The second-order valence-electron chi connectivity index (χ2n) is 3.30. The summed E-state index contributed by atoms with van der Waals surface area (Å²) in [6, 6.07) is 1.67. The predicted octanol–water partition coefficient (Wildman–Crippen LogP) is 1.05. The quantitative estimate of drug-likeness (QED) is 0.376. The number of halogens is 1. The molecule has 6 nitrogen and oxygen atoms in total. The Morgan fingerprint density at radius 1 is 1.65 bits per heavy atom. The molecule has 0 fully saturated rings. The molecule has 0 aliphatic heterocycles. The van der Waals surface area contributed by atoms with Crippen LogP contribution in [0.2, 0.25) is 0 Å². The van der Waals surface area contributed by atoms with Crippen LogP contribution in [0.15, 0.2) is 28.1 Å². The standard InChI is InChI=1S/C10H13BrN4O2/c1-2-15(6-9(12)14-17)10(16)7-3-8(11)5-13-4-7/h3-5,17H,2,6H2,1H3,(H2,12,14). The predicted molar refractivity (Wildman–Crippen MR) is 66.9 cm³/mol. The molecule has 1 rings (SSSR count). The minimum absolute atomic E-state index is 0.0110. The van der Waals surface area contributed by atoms with E-state index in [9.17, 15) is 4.79 Å². The number of rotatable bonds is 4. The molecule has 1 aromatic heterocycles. The summed E-state index contributed by atoms with van der Waals surface area (Å²) in [4.78, 5) is 17.4. The Morgan fingerprint density at radius 3 is 2.88 bits per heavy atom. The van der Waals surface area contributed by atoms with E-state index in [-0.39, 0.29) is 18.3 Å². The fraction of sp³-hybridized carbons (Fsp3) is 0.300. The molecule has 0 bridgehead atoms. The number of nitrogens with two attached hydrogens (primary N) is 1. The Morgan fingerprint density at radius 2 is 2.35 bits per heavy atom. The first-order valence-corrected chi connectivity index (χ1v) is 5.74. The third-order valence-corrected chi connectivity index (χ3v) is 2.54. The lowest BCUT2D eigenvalue weighted by Crippen LogP contribution is -2.38. The molecular formula is C10H13BrN4O2. The summed E-state index contributed by atoms with van der Waals surface area (Å²) in [7, 11) is 0. The van der Waals surface area contributed by atoms with Crippen molar-refractivity contribution in [1.82, 2.24) is 9.88 Å².